The Bertz CT molecular complexity index is 317. The predicted octanol–water partition coefficient (Wildman–Crippen LogP) is 1.65. The number of nitriles is 1. The molecule has 0 aliphatic rings. The summed E-state index contributed by atoms with van der Waals surface area (Å²) in [4.78, 5) is 0. The average Bonchev–Trinajstić information content (AvgIpc) is 2.03. The fraction of sp³-hybridized carbons (Fsp3) is 0.444. The SMILES string of the molecule is CC(C)(C)c1ccnnc1C#N. The van der Waals surface area contributed by atoms with Crippen LogP contribution in [-0.4, -0.2) is 10.2 Å². The minimum atomic E-state index is -0.0407. The first-order chi connectivity index (χ1) is 5.55. The summed E-state index contributed by atoms with van der Waals surface area (Å²) in [5.74, 6) is 0. The van der Waals surface area contributed by atoms with Gasteiger partial charge in [0.1, 0.15) is 6.07 Å². The molecule has 1 aromatic rings. The van der Waals surface area contributed by atoms with Gasteiger partial charge in [0.2, 0.25) is 0 Å². The van der Waals surface area contributed by atoms with Gasteiger partial charge in [-0.1, -0.05) is 20.8 Å². The fourth-order valence-corrected chi connectivity index (χ4v) is 1.02. The summed E-state index contributed by atoms with van der Waals surface area (Å²) >= 11 is 0. The van der Waals surface area contributed by atoms with E-state index in [9.17, 15) is 0 Å². The number of aromatic nitrogens is 2. The van der Waals surface area contributed by atoms with Crippen LogP contribution in [0.4, 0.5) is 0 Å². The van der Waals surface area contributed by atoms with Gasteiger partial charge < -0.3 is 0 Å². The van der Waals surface area contributed by atoms with Crippen LogP contribution in [0.25, 0.3) is 0 Å². The molecule has 0 atom stereocenters. The molecule has 1 rings (SSSR count). The molecule has 1 heterocycles. The fourth-order valence-electron chi connectivity index (χ4n) is 1.02. The first kappa shape index (κ1) is 8.66. The predicted molar refractivity (Wildman–Crippen MR) is 45.4 cm³/mol. The summed E-state index contributed by atoms with van der Waals surface area (Å²) < 4.78 is 0. The highest BCUT2D eigenvalue weighted by molar-refractivity contribution is 5.33. The van der Waals surface area contributed by atoms with Crippen molar-refractivity contribution in [2.75, 3.05) is 0 Å². The zero-order valence-corrected chi connectivity index (χ0v) is 7.50. The molecule has 0 N–H and O–H groups in total. The summed E-state index contributed by atoms with van der Waals surface area (Å²) in [5.41, 5.74) is 1.33. The van der Waals surface area contributed by atoms with Crippen molar-refractivity contribution >= 4 is 0 Å². The second kappa shape index (κ2) is 2.90. The van der Waals surface area contributed by atoms with Crippen LogP contribution in [0.2, 0.25) is 0 Å². The molecule has 0 unspecified atom stereocenters. The molecule has 0 aliphatic carbocycles. The lowest BCUT2D eigenvalue weighted by atomic mass is 9.86. The van der Waals surface area contributed by atoms with Gasteiger partial charge in [0.05, 0.1) is 0 Å². The van der Waals surface area contributed by atoms with E-state index in [0.29, 0.717) is 5.69 Å². The van der Waals surface area contributed by atoms with Gasteiger partial charge in [-0.2, -0.15) is 10.4 Å². The van der Waals surface area contributed by atoms with Crippen molar-refractivity contribution in [3.63, 3.8) is 0 Å². The van der Waals surface area contributed by atoms with Crippen LogP contribution in [0.15, 0.2) is 12.3 Å². The van der Waals surface area contributed by atoms with E-state index >= 15 is 0 Å². The van der Waals surface area contributed by atoms with E-state index in [-0.39, 0.29) is 5.41 Å². The molecule has 0 saturated carbocycles. The molecule has 0 amide bonds. The highest BCUT2D eigenvalue weighted by Gasteiger charge is 2.18. The van der Waals surface area contributed by atoms with E-state index in [1.807, 2.05) is 32.9 Å². The Morgan fingerprint density at radius 1 is 1.42 bits per heavy atom. The molecule has 0 saturated heterocycles. The average molecular weight is 161 g/mol. The van der Waals surface area contributed by atoms with Crippen LogP contribution >= 0.6 is 0 Å². The number of hydrogen-bond donors (Lipinski definition) is 0. The van der Waals surface area contributed by atoms with E-state index in [2.05, 4.69) is 10.2 Å². The maximum absolute atomic E-state index is 8.73. The van der Waals surface area contributed by atoms with E-state index in [1.54, 1.807) is 6.20 Å². The Balaban J connectivity index is 3.26. The van der Waals surface area contributed by atoms with Gasteiger partial charge in [-0.3, -0.25) is 0 Å². The summed E-state index contributed by atoms with van der Waals surface area (Å²) in [6.45, 7) is 6.14. The number of nitrogens with zero attached hydrogens (tertiary/aromatic N) is 3. The molecular weight excluding hydrogens is 150 g/mol. The second-order valence-electron chi connectivity index (χ2n) is 3.66. The Labute approximate surface area is 72.1 Å². The summed E-state index contributed by atoms with van der Waals surface area (Å²) in [6.07, 6.45) is 1.61. The molecule has 0 fully saturated rings. The molecule has 0 radical (unpaired) electrons. The summed E-state index contributed by atoms with van der Waals surface area (Å²) in [5, 5.41) is 16.1. The van der Waals surface area contributed by atoms with Crippen LogP contribution < -0.4 is 0 Å². The van der Waals surface area contributed by atoms with Gasteiger partial charge in [0.15, 0.2) is 5.69 Å². The zero-order valence-electron chi connectivity index (χ0n) is 7.50. The first-order valence-corrected chi connectivity index (χ1v) is 3.78. The third kappa shape index (κ3) is 1.59. The van der Waals surface area contributed by atoms with Gasteiger partial charge >= 0.3 is 0 Å². The maximum Gasteiger partial charge on any atom is 0.166 e. The third-order valence-corrected chi connectivity index (χ3v) is 1.63. The Hall–Kier alpha value is -1.43. The van der Waals surface area contributed by atoms with Gasteiger partial charge in [0.25, 0.3) is 0 Å². The van der Waals surface area contributed by atoms with Crippen LogP contribution in [0.3, 0.4) is 0 Å². The van der Waals surface area contributed by atoms with Crippen molar-refractivity contribution in [2.45, 2.75) is 26.2 Å². The smallest absolute Gasteiger partial charge is 0.166 e. The molecule has 0 aromatic carbocycles. The molecule has 62 valence electrons. The molecule has 12 heavy (non-hydrogen) atoms. The van der Waals surface area contributed by atoms with Gasteiger partial charge in [-0.05, 0) is 17.0 Å². The van der Waals surface area contributed by atoms with E-state index < -0.39 is 0 Å². The monoisotopic (exact) mass is 161 g/mol. The molecule has 0 aliphatic heterocycles. The van der Waals surface area contributed by atoms with Crippen LogP contribution in [0, 0.1) is 11.3 Å². The normalized spacial score (nSPS) is 10.8. The second-order valence-corrected chi connectivity index (χ2v) is 3.66. The van der Waals surface area contributed by atoms with Crippen molar-refractivity contribution in [3.8, 4) is 6.07 Å². The first-order valence-electron chi connectivity index (χ1n) is 3.78. The van der Waals surface area contributed by atoms with Crippen LogP contribution in [-0.2, 0) is 5.41 Å². The van der Waals surface area contributed by atoms with Crippen LogP contribution in [0.1, 0.15) is 32.0 Å². The highest BCUT2D eigenvalue weighted by atomic mass is 15.1. The largest absolute Gasteiger partial charge is 0.191 e. The van der Waals surface area contributed by atoms with E-state index in [4.69, 9.17) is 5.26 Å². The highest BCUT2D eigenvalue weighted by Crippen LogP contribution is 2.22. The summed E-state index contributed by atoms with van der Waals surface area (Å²) in [6, 6.07) is 3.87. The summed E-state index contributed by atoms with van der Waals surface area (Å²) in [7, 11) is 0. The number of rotatable bonds is 0. The zero-order chi connectivity index (χ0) is 9.19. The topological polar surface area (TPSA) is 49.6 Å². The lowest BCUT2D eigenvalue weighted by molar-refractivity contribution is 0.582. The van der Waals surface area contributed by atoms with Crippen LogP contribution in [0.5, 0.6) is 0 Å². The van der Waals surface area contributed by atoms with Crippen molar-refractivity contribution in [1.29, 1.82) is 5.26 Å². The molecule has 3 heteroatoms. The quantitative estimate of drug-likeness (QED) is 0.581. The molecule has 0 spiro atoms. The molecule has 0 bridgehead atoms. The van der Waals surface area contributed by atoms with Gasteiger partial charge in [-0.15, -0.1) is 5.10 Å². The molecular formula is C9H11N3. The van der Waals surface area contributed by atoms with E-state index in [0.717, 1.165) is 5.56 Å². The maximum atomic E-state index is 8.73. The third-order valence-electron chi connectivity index (χ3n) is 1.63. The van der Waals surface area contributed by atoms with Crippen molar-refractivity contribution in [2.24, 2.45) is 0 Å². The molecule has 3 nitrogen and oxygen atoms in total. The lowest BCUT2D eigenvalue weighted by Crippen LogP contribution is -2.14. The van der Waals surface area contributed by atoms with Crippen molar-refractivity contribution < 1.29 is 0 Å². The Kier molecular flexibility index (Phi) is 2.09. The van der Waals surface area contributed by atoms with E-state index in [1.165, 1.54) is 0 Å². The minimum Gasteiger partial charge on any atom is -0.191 e. The van der Waals surface area contributed by atoms with Gasteiger partial charge in [-0.25, -0.2) is 0 Å². The van der Waals surface area contributed by atoms with Crippen molar-refractivity contribution in [3.05, 3.63) is 23.5 Å². The van der Waals surface area contributed by atoms with Crippen molar-refractivity contribution in [1.82, 2.24) is 10.2 Å². The lowest BCUT2D eigenvalue weighted by Gasteiger charge is -2.18. The number of hydrogen-bond acceptors (Lipinski definition) is 3. The minimum absolute atomic E-state index is 0.0407. The standard InChI is InChI=1S/C9H11N3/c1-9(2,3)7-4-5-11-12-8(7)6-10/h4-5H,1-3H3. The Morgan fingerprint density at radius 2 is 2.08 bits per heavy atom. The Morgan fingerprint density at radius 3 is 2.50 bits per heavy atom. The molecule has 1 aromatic heterocycles. The van der Waals surface area contributed by atoms with Gasteiger partial charge in [0, 0.05) is 6.20 Å².